The van der Waals surface area contributed by atoms with Gasteiger partial charge >= 0.3 is 5.97 Å². The zero-order chi connectivity index (χ0) is 12.3. The Morgan fingerprint density at radius 3 is 3.00 bits per heavy atom. The fraction of sp³-hybridized carbons (Fsp3) is 0.636. The minimum Gasteiger partial charge on any atom is -0.469 e. The number of anilines is 1. The summed E-state index contributed by atoms with van der Waals surface area (Å²) in [5.41, 5.74) is 5.77. The molecule has 1 aromatic rings. The van der Waals surface area contributed by atoms with Crippen LogP contribution in [0.3, 0.4) is 0 Å². The number of esters is 1. The number of hydrogen-bond acceptors (Lipinski definition) is 6. The molecule has 0 saturated heterocycles. The topological polar surface area (TPSA) is 65.2 Å². The van der Waals surface area contributed by atoms with Crippen LogP contribution in [0.25, 0.3) is 0 Å². The zero-order valence-corrected chi connectivity index (χ0v) is 11.4. The highest BCUT2D eigenvalue weighted by molar-refractivity contribution is 7.98. The number of thiazole rings is 1. The van der Waals surface area contributed by atoms with Gasteiger partial charge in [0, 0.05) is 16.8 Å². The van der Waals surface area contributed by atoms with Crippen LogP contribution in [-0.4, -0.2) is 23.8 Å². The molecule has 0 aromatic carbocycles. The third-order valence-electron chi connectivity index (χ3n) is 2.93. The summed E-state index contributed by atoms with van der Waals surface area (Å²) >= 11 is 3.38. The van der Waals surface area contributed by atoms with Gasteiger partial charge in [0.1, 0.15) is 0 Å². The van der Waals surface area contributed by atoms with Crippen molar-refractivity contribution in [2.24, 2.45) is 5.41 Å². The van der Waals surface area contributed by atoms with Crippen molar-refractivity contribution in [2.75, 3.05) is 18.6 Å². The number of rotatable bonds is 6. The molecule has 0 radical (unpaired) electrons. The largest absolute Gasteiger partial charge is 0.469 e. The molecule has 1 aromatic heterocycles. The van der Waals surface area contributed by atoms with Crippen LogP contribution < -0.4 is 5.73 Å². The highest BCUT2D eigenvalue weighted by Crippen LogP contribution is 2.51. The summed E-state index contributed by atoms with van der Waals surface area (Å²) in [5, 5.41) is 0.622. The lowest BCUT2D eigenvalue weighted by Crippen LogP contribution is -2.13. The molecule has 1 fully saturated rings. The predicted molar refractivity (Wildman–Crippen MR) is 71.0 cm³/mol. The summed E-state index contributed by atoms with van der Waals surface area (Å²) in [6.07, 6.45) is 4.66. The van der Waals surface area contributed by atoms with Crippen molar-refractivity contribution in [1.29, 1.82) is 0 Å². The molecule has 0 bridgehead atoms. The Kier molecular flexibility index (Phi) is 3.93. The number of carbonyl (C=O) groups excluding carboxylic acids is 1. The van der Waals surface area contributed by atoms with Gasteiger partial charge in [-0.1, -0.05) is 0 Å². The molecule has 6 heteroatoms. The number of thioether (sulfide) groups is 1. The van der Waals surface area contributed by atoms with E-state index in [1.807, 2.05) is 18.0 Å². The normalized spacial score (nSPS) is 16.8. The van der Waals surface area contributed by atoms with Crippen LogP contribution in [0.1, 0.15) is 24.1 Å². The number of ether oxygens (including phenoxy) is 1. The number of nitrogens with two attached hydrogens (primary N) is 1. The molecule has 2 rings (SSSR count). The number of aromatic nitrogens is 1. The van der Waals surface area contributed by atoms with Crippen LogP contribution in [0.2, 0.25) is 0 Å². The number of nitrogens with zero attached hydrogens (tertiary/aromatic N) is 1. The first-order valence-corrected chi connectivity index (χ1v) is 7.45. The van der Waals surface area contributed by atoms with Crippen molar-refractivity contribution >= 4 is 34.2 Å². The summed E-state index contributed by atoms with van der Waals surface area (Å²) in [6.45, 7) is 0. The fourth-order valence-electron chi connectivity index (χ4n) is 1.68. The monoisotopic (exact) mass is 272 g/mol. The lowest BCUT2D eigenvalue weighted by Gasteiger charge is -2.12. The minimum atomic E-state index is -0.0925. The first-order chi connectivity index (χ1) is 8.13. The zero-order valence-electron chi connectivity index (χ0n) is 9.77. The van der Waals surface area contributed by atoms with Gasteiger partial charge in [-0.2, -0.15) is 11.8 Å². The van der Waals surface area contributed by atoms with Crippen LogP contribution in [0, 0.1) is 5.41 Å². The second-order valence-corrected chi connectivity index (χ2v) is 6.54. The Bertz CT molecular complexity index is 402. The lowest BCUT2D eigenvalue weighted by atomic mass is 10.1. The van der Waals surface area contributed by atoms with E-state index >= 15 is 0 Å². The quantitative estimate of drug-likeness (QED) is 0.805. The van der Waals surface area contributed by atoms with Crippen LogP contribution in [-0.2, 0) is 15.3 Å². The Morgan fingerprint density at radius 2 is 2.47 bits per heavy atom. The number of nitrogen functional groups attached to an aromatic ring is 1. The Balaban J connectivity index is 1.73. The Morgan fingerprint density at radius 1 is 1.71 bits per heavy atom. The van der Waals surface area contributed by atoms with Crippen molar-refractivity contribution < 1.29 is 9.53 Å². The summed E-state index contributed by atoms with van der Waals surface area (Å²) in [4.78, 5) is 16.5. The third-order valence-corrected chi connectivity index (χ3v) is 5.27. The van der Waals surface area contributed by atoms with Crippen LogP contribution in [0.15, 0.2) is 6.20 Å². The van der Waals surface area contributed by atoms with E-state index in [1.54, 1.807) is 0 Å². The third kappa shape index (κ3) is 3.61. The standard InChI is InChI=1S/C11H16N2O2S2/c1-15-9(14)4-11(2-3-11)7-16-6-8-5-13-10(12)17-8/h5H,2-4,6-7H2,1H3,(H2,12,13). The molecule has 4 nitrogen and oxygen atoms in total. The van der Waals surface area contributed by atoms with Gasteiger partial charge in [-0.25, -0.2) is 4.98 Å². The van der Waals surface area contributed by atoms with E-state index in [4.69, 9.17) is 10.5 Å². The first kappa shape index (κ1) is 12.7. The van der Waals surface area contributed by atoms with E-state index in [1.165, 1.54) is 23.3 Å². The van der Waals surface area contributed by atoms with E-state index in [0.717, 1.165) is 24.3 Å². The van der Waals surface area contributed by atoms with Gasteiger partial charge in [-0.3, -0.25) is 4.79 Å². The van der Waals surface area contributed by atoms with Crippen molar-refractivity contribution in [3.05, 3.63) is 11.1 Å². The summed E-state index contributed by atoms with van der Waals surface area (Å²) in [7, 11) is 1.45. The summed E-state index contributed by atoms with van der Waals surface area (Å²) in [5.74, 6) is 1.85. The number of carbonyl (C=O) groups is 1. The van der Waals surface area contributed by atoms with Crippen LogP contribution in [0.5, 0.6) is 0 Å². The molecule has 1 saturated carbocycles. The van der Waals surface area contributed by atoms with E-state index in [9.17, 15) is 4.79 Å². The highest BCUT2D eigenvalue weighted by atomic mass is 32.2. The van der Waals surface area contributed by atoms with Crippen LogP contribution in [0.4, 0.5) is 5.13 Å². The molecular formula is C11H16N2O2S2. The van der Waals surface area contributed by atoms with Crippen LogP contribution >= 0.6 is 23.1 Å². The molecule has 2 N–H and O–H groups in total. The Hall–Kier alpha value is -0.750. The minimum absolute atomic E-state index is 0.0925. The molecule has 94 valence electrons. The van der Waals surface area contributed by atoms with Gasteiger partial charge in [0.25, 0.3) is 0 Å². The van der Waals surface area contributed by atoms with Crippen molar-refractivity contribution in [3.8, 4) is 0 Å². The van der Waals surface area contributed by atoms with Gasteiger partial charge in [0.15, 0.2) is 5.13 Å². The first-order valence-electron chi connectivity index (χ1n) is 5.48. The Labute approximate surface area is 109 Å². The molecule has 1 aliphatic rings. The summed E-state index contributed by atoms with van der Waals surface area (Å²) < 4.78 is 4.72. The van der Waals surface area contributed by atoms with Gasteiger partial charge < -0.3 is 10.5 Å². The van der Waals surface area contributed by atoms with E-state index in [-0.39, 0.29) is 11.4 Å². The van der Waals surface area contributed by atoms with Gasteiger partial charge in [-0.05, 0) is 24.0 Å². The molecule has 0 unspecified atom stereocenters. The average Bonchev–Trinajstić information content (AvgIpc) is 2.93. The van der Waals surface area contributed by atoms with Gasteiger partial charge in [0.2, 0.25) is 0 Å². The summed E-state index contributed by atoms with van der Waals surface area (Å²) in [6, 6.07) is 0. The average molecular weight is 272 g/mol. The highest BCUT2D eigenvalue weighted by Gasteiger charge is 2.44. The van der Waals surface area contributed by atoms with Gasteiger partial charge in [-0.15, -0.1) is 11.3 Å². The second kappa shape index (κ2) is 5.27. The van der Waals surface area contributed by atoms with E-state index in [0.29, 0.717) is 11.6 Å². The van der Waals surface area contributed by atoms with Gasteiger partial charge in [0.05, 0.1) is 13.5 Å². The van der Waals surface area contributed by atoms with E-state index < -0.39 is 0 Å². The lowest BCUT2D eigenvalue weighted by molar-refractivity contribution is -0.141. The van der Waals surface area contributed by atoms with Crippen molar-refractivity contribution in [3.63, 3.8) is 0 Å². The van der Waals surface area contributed by atoms with E-state index in [2.05, 4.69) is 4.98 Å². The maximum Gasteiger partial charge on any atom is 0.306 e. The molecule has 1 heterocycles. The molecular weight excluding hydrogens is 256 g/mol. The fourth-order valence-corrected chi connectivity index (χ4v) is 3.85. The maximum atomic E-state index is 11.2. The molecule has 17 heavy (non-hydrogen) atoms. The number of methoxy groups -OCH3 is 1. The SMILES string of the molecule is COC(=O)CC1(CSCc2cnc(N)s2)CC1. The second-order valence-electron chi connectivity index (χ2n) is 4.41. The molecule has 0 atom stereocenters. The molecule has 0 amide bonds. The molecule has 0 aliphatic heterocycles. The van der Waals surface area contributed by atoms with Crippen molar-refractivity contribution in [2.45, 2.75) is 25.0 Å². The predicted octanol–water partition coefficient (Wildman–Crippen LogP) is 2.30. The smallest absolute Gasteiger partial charge is 0.306 e. The molecule has 0 spiro atoms. The maximum absolute atomic E-state index is 11.2. The number of hydrogen-bond donors (Lipinski definition) is 1. The van der Waals surface area contributed by atoms with Crippen molar-refractivity contribution in [1.82, 2.24) is 4.98 Å². The molecule has 1 aliphatic carbocycles.